The van der Waals surface area contributed by atoms with Gasteiger partial charge in [0.2, 0.25) is 0 Å². The molecule has 1 aliphatic heterocycles. The summed E-state index contributed by atoms with van der Waals surface area (Å²) in [6.45, 7) is 0. The molecule has 0 aliphatic carbocycles. The SMILES string of the molecule is O=c1[nH]ncc(N2C=CON2)c1Cc1ccccc1. The minimum absolute atomic E-state index is 0.205. The third-order valence-electron chi connectivity index (χ3n) is 2.85. The van der Waals surface area contributed by atoms with Gasteiger partial charge < -0.3 is 4.84 Å². The molecule has 3 rings (SSSR count). The molecule has 6 heteroatoms. The molecule has 1 aliphatic rings. The van der Waals surface area contributed by atoms with Crippen molar-refractivity contribution in [1.82, 2.24) is 15.8 Å². The Morgan fingerprint density at radius 2 is 2.11 bits per heavy atom. The second-order valence-electron chi connectivity index (χ2n) is 4.09. The molecule has 1 aromatic carbocycles. The molecule has 0 bridgehead atoms. The van der Waals surface area contributed by atoms with Crippen molar-refractivity contribution in [2.24, 2.45) is 0 Å². The number of H-pyrrole nitrogens is 1. The number of hydrogen-bond acceptors (Lipinski definition) is 5. The van der Waals surface area contributed by atoms with Crippen molar-refractivity contribution >= 4 is 5.69 Å². The second-order valence-corrected chi connectivity index (χ2v) is 4.09. The van der Waals surface area contributed by atoms with Crippen LogP contribution in [-0.2, 0) is 11.3 Å². The maximum absolute atomic E-state index is 12.0. The Morgan fingerprint density at radius 1 is 1.26 bits per heavy atom. The van der Waals surface area contributed by atoms with Crippen LogP contribution in [0.25, 0.3) is 0 Å². The fourth-order valence-electron chi connectivity index (χ4n) is 1.93. The minimum Gasteiger partial charge on any atom is -0.395 e. The first-order valence-corrected chi connectivity index (χ1v) is 5.82. The number of rotatable bonds is 3. The van der Waals surface area contributed by atoms with Crippen molar-refractivity contribution in [3.05, 3.63) is 70.5 Å². The first-order valence-electron chi connectivity index (χ1n) is 5.82. The van der Waals surface area contributed by atoms with Gasteiger partial charge in [-0.2, -0.15) is 5.10 Å². The average Bonchev–Trinajstić information content (AvgIpc) is 2.96. The summed E-state index contributed by atoms with van der Waals surface area (Å²) in [6, 6.07) is 9.80. The van der Waals surface area contributed by atoms with Crippen LogP contribution in [0.4, 0.5) is 5.69 Å². The van der Waals surface area contributed by atoms with Gasteiger partial charge in [-0.25, -0.2) is 10.1 Å². The predicted molar refractivity (Wildman–Crippen MR) is 69.9 cm³/mol. The molecule has 6 nitrogen and oxygen atoms in total. The van der Waals surface area contributed by atoms with E-state index in [1.54, 1.807) is 17.4 Å². The number of hydrogen-bond donors (Lipinski definition) is 2. The molecular formula is C13H12N4O2. The van der Waals surface area contributed by atoms with E-state index in [9.17, 15) is 4.79 Å². The largest absolute Gasteiger partial charge is 0.395 e. The highest BCUT2D eigenvalue weighted by Crippen LogP contribution is 2.19. The highest BCUT2D eigenvalue weighted by molar-refractivity contribution is 5.53. The summed E-state index contributed by atoms with van der Waals surface area (Å²) in [6.07, 6.45) is 5.30. The standard InChI is InChI=1S/C13H12N4O2/c18-13-11(8-10-4-2-1-3-5-10)12(9-14-15-13)17-6-7-19-16-17/h1-7,9,16H,8H2,(H,15,18). The normalized spacial score (nSPS) is 13.6. The van der Waals surface area contributed by atoms with E-state index < -0.39 is 0 Å². The van der Waals surface area contributed by atoms with Crippen LogP contribution in [0.5, 0.6) is 0 Å². The lowest BCUT2D eigenvalue weighted by molar-refractivity contribution is 0.158. The van der Waals surface area contributed by atoms with Crippen LogP contribution in [0.2, 0.25) is 0 Å². The molecule has 0 radical (unpaired) electrons. The quantitative estimate of drug-likeness (QED) is 0.860. The predicted octanol–water partition coefficient (Wildman–Crippen LogP) is 1.09. The lowest BCUT2D eigenvalue weighted by Gasteiger charge is -2.16. The summed E-state index contributed by atoms with van der Waals surface area (Å²) in [5.41, 5.74) is 4.81. The molecule has 0 amide bonds. The third-order valence-corrected chi connectivity index (χ3v) is 2.85. The van der Waals surface area contributed by atoms with Crippen molar-refractivity contribution < 1.29 is 4.84 Å². The summed E-state index contributed by atoms with van der Waals surface area (Å²) in [5.74, 6) is 0. The summed E-state index contributed by atoms with van der Waals surface area (Å²) in [5, 5.41) is 7.89. The topological polar surface area (TPSA) is 70.2 Å². The molecule has 96 valence electrons. The van der Waals surface area contributed by atoms with Crippen LogP contribution in [-0.4, -0.2) is 10.2 Å². The van der Waals surface area contributed by atoms with Crippen LogP contribution in [0.3, 0.4) is 0 Å². The third kappa shape index (κ3) is 2.34. The lowest BCUT2D eigenvalue weighted by Crippen LogP contribution is -2.31. The number of hydrazine groups is 1. The molecule has 0 spiro atoms. The lowest BCUT2D eigenvalue weighted by atomic mass is 10.1. The van der Waals surface area contributed by atoms with Crippen molar-refractivity contribution in [3.8, 4) is 0 Å². The Balaban J connectivity index is 2.00. The Labute approximate surface area is 109 Å². The Hall–Kier alpha value is -2.60. The fraction of sp³-hybridized carbons (Fsp3) is 0.0769. The van der Waals surface area contributed by atoms with Gasteiger partial charge in [0.15, 0.2) is 0 Å². The molecule has 1 aromatic heterocycles. The van der Waals surface area contributed by atoms with E-state index in [4.69, 9.17) is 4.84 Å². The number of nitrogens with zero attached hydrogens (tertiary/aromatic N) is 2. The summed E-state index contributed by atoms with van der Waals surface area (Å²) in [7, 11) is 0. The Bertz CT molecular complexity index is 651. The van der Waals surface area contributed by atoms with Crippen molar-refractivity contribution in [2.75, 3.05) is 5.01 Å². The number of anilines is 1. The van der Waals surface area contributed by atoms with Gasteiger partial charge in [-0.3, -0.25) is 4.79 Å². The van der Waals surface area contributed by atoms with Crippen molar-refractivity contribution in [3.63, 3.8) is 0 Å². The molecule has 0 saturated carbocycles. The monoisotopic (exact) mass is 256 g/mol. The fourth-order valence-corrected chi connectivity index (χ4v) is 1.93. The van der Waals surface area contributed by atoms with Gasteiger partial charge in [-0.15, -0.1) is 0 Å². The van der Waals surface area contributed by atoms with E-state index >= 15 is 0 Å². The van der Waals surface area contributed by atoms with E-state index in [-0.39, 0.29) is 5.56 Å². The van der Waals surface area contributed by atoms with E-state index in [2.05, 4.69) is 15.8 Å². The molecule has 2 aromatic rings. The zero-order valence-corrected chi connectivity index (χ0v) is 10.0. The second kappa shape index (κ2) is 4.95. The number of nitrogens with one attached hydrogen (secondary N) is 2. The molecule has 0 unspecified atom stereocenters. The molecule has 0 saturated heterocycles. The van der Waals surface area contributed by atoms with Crippen LogP contribution in [0, 0.1) is 0 Å². The van der Waals surface area contributed by atoms with E-state index in [1.165, 1.54) is 6.26 Å². The molecular weight excluding hydrogens is 244 g/mol. The zero-order valence-electron chi connectivity index (χ0n) is 10.0. The first kappa shape index (κ1) is 11.5. The average molecular weight is 256 g/mol. The van der Waals surface area contributed by atoms with Crippen molar-refractivity contribution in [1.29, 1.82) is 0 Å². The summed E-state index contributed by atoms with van der Waals surface area (Å²) < 4.78 is 0. The minimum atomic E-state index is -0.205. The van der Waals surface area contributed by atoms with Gasteiger partial charge in [0.25, 0.3) is 5.56 Å². The van der Waals surface area contributed by atoms with Gasteiger partial charge in [-0.05, 0) is 5.56 Å². The van der Waals surface area contributed by atoms with Crippen LogP contribution in [0.1, 0.15) is 11.1 Å². The Morgan fingerprint density at radius 3 is 2.84 bits per heavy atom. The zero-order chi connectivity index (χ0) is 13.1. The molecule has 2 N–H and O–H groups in total. The van der Waals surface area contributed by atoms with Gasteiger partial charge in [0, 0.05) is 12.0 Å². The maximum atomic E-state index is 12.0. The van der Waals surface area contributed by atoms with Gasteiger partial charge in [0.1, 0.15) is 6.26 Å². The number of benzene rings is 1. The molecule has 0 fully saturated rings. The number of aromatic amines is 1. The highest BCUT2D eigenvalue weighted by Gasteiger charge is 2.16. The van der Waals surface area contributed by atoms with E-state index in [1.807, 2.05) is 30.3 Å². The summed E-state index contributed by atoms with van der Waals surface area (Å²) in [4.78, 5) is 16.9. The summed E-state index contributed by atoms with van der Waals surface area (Å²) >= 11 is 0. The maximum Gasteiger partial charge on any atom is 0.269 e. The number of aromatic nitrogens is 2. The van der Waals surface area contributed by atoms with E-state index in [0.29, 0.717) is 17.7 Å². The van der Waals surface area contributed by atoms with Crippen LogP contribution < -0.4 is 16.2 Å². The van der Waals surface area contributed by atoms with Crippen LogP contribution >= 0.6 is 0 Å². The molecule has 19 heavy (non-hydrogen) atoms. The first-order chi connectivity index (χ1) is 9.34. The molecule has 2 heterocycles. The van der Waals surface area contributed by atoms with Crippen LogP contribution in [0.15, 0.2) is 53.8 Å². The van der Waals surface area contributed by atoms with Gasteiger partial charge in [-0.1, -0.05) is 35.9 Å². The van der Waals surface area contributed by atoms with E-state index in [0.717, 1.165) is 5.56 Å². The van der Waals surface area contributed by atoms with Gasteiger partial charge in [0.05, 0.1) is 18.1 Å². The highest BCUT2D eigenvalue weighted by atomic mass is 16.7. The Kier molecular flexibility index (Phi) is 2.99. The van der Waals surface area contributed by atoms with Gasteiger partial charge >= 0.3 is 0 Å². The smallest absolute Gasteiger partial charge is 0.269 e. The van der Waals surface area contributed by atoms with Crippen molar-refractivity contribution in [2.45, 2.75) is 6.42 Å². The molecule has 0 atom stereocenters.